The monoisotopic (exact) mass is 323 g/mol. The fraction of sp³-hybridized carbons (Fsp3) is 0.368. The molecule has 24 heavy (non-hydrogen) atoms. The Morgan fingerprint density at radius 2 is 1.96 bits per heavy atom. The Bertz CT molecular complexity index is 831. The predicted molar refractivity (Wildman–Crippen MR) is 93.4 cm³/mol. The molecule has 1 aliphatic carbocycles. The molecule has 0 fully saturated rings. The van der Waals surface area contributed by atoms with Crippen molar-refractivity contribution in [3.63, 3.8) is 0 Å². The first-order valence-corrected chi connectivity index (χ1v) is 8.33. The predicted octanol–water partition coefficient (Wildman–Crippen LogP) is 3.61. The lowest BCUT2D eigenvalue weighted by molar-refractivity contribution is -0.116. The molecule has 5 heteroatoms. The second-order valence-corrected chi connectivity index (χ2v) is 6.72. The standard InChI is InChI=1S/C19H21N3O2/c1-11-16-17(12-7-9-13(10-8-12)22(2)3)18-14(5-4-6-15(18)23)20-19(16)24-21-11/h7-10,17,20H,4-6H2,1-3H3/t17-/m1/s1. The maximum Gasteiger partial charge on any atom is 0.233 e. The van der Waals surface area contributed by atoms with Gasteiger partial charge < -0.3 is 14.7 Å². The van der Waals surface area contributed by atoms with Gasteiger partial charge in [-0.05, 0) is 37.5 Å². The maximum atomic E-state index is 12.7. The number of nitrogens with zero attached hydrogens (tertiary/aromatic N) is 2. The Kier molecular flexibility index (Phi) is 3.44. The van der Waals surface area contributed by atoms with Gasteiger partial charge in [0.2, 0.25) is 5.88 Å². The Balaban J connectivity index is 1.87. The molecule has 0 bridgehead atoms. The molecule has 0 saturated carbocycles. The highest BCUT2D eigenvalue weighted by Gasteiger charge is 2.38. The van der Waals surface area contributed by atoms with Crippen LogP contribution >= 0.6 is 0 Å². The van der Waals surface area contributed by atoms with E-state index in [1.54, 1.807) is 0 Å². The molecule has 1 aromatic heterocycles. The molecule has 2 aliphatic rings. The van der Waals surface area contributed by atoms with Gasteiger partial charge in [-0.3, -0.25) is 4.79 Å². The van der Waals surface area contributed by atoms with Crippen LogP contribution in [0.4, 0.5) is 11.6 Å². The number of hydrogen-bond donors (Lipinski definition) is 1. The van der Waals surface area contributed by atoms with E-state index < -0.39 is 0 Å². The summed E-state index contributed by atoms with van der Waals surface area (Å²) in [4.78, 5) is 14.7. The molecule has 0 unspecified atom stereocenters. The van der Waals surface area contributed by atoms with Crippen molar-refractivity contribution in [2.75, 3.05) is 24.3 Å². The number of rotatable bonds is 2. The quantitative estimate of drug-likeness (QED) is 0.915. The molecule has 5 nitrogen and oxygen atoms in total. The minimum Gasteiger partial charge on any atom is -0.378 e. The molecule has 2 aromatic rings. The van der Waals surface area contributed by atoms with Gasteiger partial charge in [-0.1, -0.05) is 17.3 Å². The summed E-state index contributed by atoms with van der Waals surface area (Å²) < 4.78 is 5.47. The summed E-state index contributed by atoms with van der Waals surface area (Å²) in [6.45, 7) is 1.93. The van der Waals surface area contributed by atoms with Crippen LogP contribution in [-0.2, 0) is 4.79 Å². The number of hydrogen-bond acceptors (Lipinski definition) is 5. The molecule has 0 saturated heterocycles. The Hall–Kier alpha value is -2.56. The van der Waals surface area contributed by atoms with Gasteiger partial charge in [-0.2, -0.15) is 0 Å². The third-order valence-corrected chi connectivity index (χ3v) is 4.95. The number of ketones is 1. The van der Waals surface area contributed by atoms with Crippen molar-refractivity contribution in [2.24, 2.45) is 0 Å². The average molecular weight is 323 g/mol. The van der Waals surface area contributed by atoms with Crippen LogP contribution in [0.5, 0.6) is 0 Å². The number of benzene rings is 1. The van der Waals surface area contributed by atoms with Gasteiger partial charge in [0.15, 0.2) is 5.78 Å². The number of fused-ring (bicyclic) bond motifs is 1. The summed E-state index contributed by atoms with van der Waals surface area (Å²) in [5, 5.41) is 7.42. The van der Waals surface area contributed by atoms with Crippen molar-refractivity contribution in [1.82, 2.24) is 5.16 Å². The molecule has 4 rings (SSSR count). The molecular weight excluding hydrogens is 302 g/mol. The largest absolute Gasteiger partial charge is 0.378 e. The lowest BCUT2D eigenvalue weighted by Crippen LogP contribution is -2.26. The lowest BCUT2D eigenvalue weighted by Gasteiger charge is -2.31. The van der Waals surface area contributed by atoms with E-state index in [2.05, 4.69) is 39.6 Å². The lowest BCUT2D eigenvalue weighted by atomic mass is 9.76. The van der Waals surface area contributed by atoms with E-state index in [0.29, 0.717) is 12.3 Å². The number of carbonyl (C=O) groups is 1. The number of aryl methyl sites for hydroxylation is 1. The van der Waals surface area contributed by atoms with Crippen LogP contribution in [0.2, 0.25) is 0 Å². The number of nitrogens with one attached hydrogen (secondary N) is 1. The summed E-state index contributed by atoms with van der Waals surface area (Å²) in [6.07, 6.45) is 2.39. The zero-order valence-corrected chi connectivity index (χ0v) is 14.2. The van der Waals surface area contributed by atoms with Gasteiger partial charge in [0.1, 0.15) is 0 Å². The molecule has 1 atom stereocenters. The highest BCUT2D eigenvalue weighted by Crippen LogP contribution is 2.46. The normalized spacial score (nSPS) is 19.6. The first kappa shape index (κ1) is 15.0. The van der Waals surface area contributed by atoms with Gasteiger partial charge in [0.25, 0.3) is 0 Å². The molecule has 1 aromatic carbocycles. The van der Waals surface area contributed by atoms with Gasteiger partial charge in [-0.25, -0.2) is 0 Å². The minimum absolute atomic E-state index is 0.0912. The van der Waals surface area contributed by atoms with Gasteiger partial charge >= 0.3 is 0 Å². The van der Waals surface area contributed by atoms with Crippen molar-refractivity contribution < 1.29 is 9.32 Å². The zero-order valence-electron chi connectivity index (χ0n) is 14.2. The zero-order chi connectivity index (χ0) is 16.8. The minimum atomic E-state index is -0.0912. The van der Waals surface area contributed by atoms with Crippen LogP contribution < -0.4 is 10.2 Å². The first-order chi connectivity index (χ1) is 11.6. The summed E-state index contributed by atoms with van der Waals surface area (Å²) >= 11 is 0. The average Bonchev–Trinajstić information content (AvgIpc) is 2.94. The van der Waals surface area contributed by atoms with E-state index in [9.17, 15) is 4.79 Å². The molecule has 0 spiro atoms. The molecule has 0 amide bonds. The molecule has 1 N–H and O–H groups in total. The van der Waals surface area contributed by atoms with Crippen molar-refractivity contribution in [2.45, 2.75) is 32.1 Å². The summed E-state index contributed by atoms with van der Waals surface area (Å²) in [7, 11) is 4.04. The summed E-state index contributed by atoms with van der Waals surface area (Å²) in [5.41, 5.74) is 5.96. The van der Waals surface area contributed by atoms with E-state index in [1.165, 1.54) is 0 Å². The highest BCUT2D eigenvalue weighted by atomic mass is 16.5. The van der Waals surface area contributed by atoms with Crippen LogP contribution in [0, 0.1) is 6.92 Å². The van der Waals surface area contributed by atoms with Crippen molar-refractivity contribution in [3.05, 3.63) is 52.4 Å². The Morgan fingerprint density at radius 3 is 2.67 bits per heavy atom. The van der Waals surface area contributed by atoms with Crippen LogP contribution in [-0.4, -0.2) is 25.0 Å². The number of Topliss-reactive ketones (excluding diaryl/α,β-unsaturated/α-hetero) is 1. The van der Waals surface area contributed by atoms with Crippen molar-refractivity contribution in [3.8, 4) is 0 Å². The topological polar surface area (TPSA) is 58.4 Å². The fourth-order valence-corrected chi connectivity index (χ4v) is 3.71. The highest BCUT2D eigenvalue weighted by molar-refractivity contribution is 6.00. The number of aromatic nitrogens is 1. The number of allylic oxidation sites excluding steroid dienone is 2. The summed E-state index contributed by atoms with van der Waals surface area (Å²) in [5.74, 6) is 0.825. The first-order valence-electron chi connectivity index (χ1n) is 8.33. The van der Waals surface area contributed by atoms with Crippen LogP contribution in [0.1, 0.15) is 42.0 Å². The van der Waals surface area contributed by atoms with Crippen LogP contribution in [0.3, 0.4) is 0 Å². The Labute approximate surface area is 141 Å². The van der Waals surface area contributed by atoms with Gasteiger partial charge in [-0.15, -0.1) is 0 Å². The van der Waals surface area contributed by atoms with Crippen LogP contribution in [0.15, 0.2) is 40.1 Å². The fourth-order valence-electron chi connectivity index (χ4n) is 3.71. The Morgan fingerprint density at radius 1 is 1.21 bits per heavy atom. The van der Waals surface area contributed by atoms with Gasteiger partial charge in [0.05, 0.1) is 11.3 Å². The smallest absolute Gasteiger partial charge is 0.233 e. The van der Waals surface area contributed by atoms with E-state index in [-0.39, 0.29) is 11.7 Å². The second-order valence-electron chi connectivity index (χ2n) is 6.72. The van der Waals surface area contributed by atoms with E-state index >= 15 is 0 Å². The maximum absolute atomic E-state index is 12.7. The van der Waals surface area contributed by atoms with E-state index in [1.807, 2.05) is 21.0 Å². The summed E-state index contributed by atoms with van der Waals surface area (Å²) in [6, 6.07) is 8.39. The third kappa shape index (κ3) is 2.23. The third-order valence-electron chi connectivity index (χ3n) is 4.95. The number of anilines is 2. The SMILES string of the molecule is Cc1noc2c1[C@@H](c1ccc(N(C)C)cc1)C1=C(CCCC1=O)N2. The van der Waals surface area contributed by atoms with Gasteiger partial charge in [0, 0.05) is 43.4 Å². The molecule has 1 aliphatic heterocycles. The second kappa shape index (κ2) is 5.51. The van der Waals surface area contributed by atoms with E-state index in [0.717, 1.165) is 46.6 Å². The van der Waals surface area contributed by atoms with Crippen molar-refractivity contribution in [1.29, 1.82) is 0 Å². The number of carbonyl (C=O) groups excluding carboxylic acids is 1. The molecule has 2 heterocycles. The van der Waals surface area contributed by atoms with Crippen LogP contribution in [0.25, 0.3) is 0 Å². The molecule has 0 radical (unpaired) electrons. The molecule has 124 valence electrons. The van der Waals surface area contributed by atoms with Crippen molar-refractivity contribution >= 4 is 17.4 Å². The van der Waals surface area contributed by atoms with E-state index in [4.69, 9.17) is 4.52 Å². The molecular formula is C19H21N3O2.